The fourth-order valence-corrected chi connectivity index (χ4v) is 3.34. The minimum absolute atomic E-state index is 0.0909. The third-order valence-corrected chi connectivity index (χ3v) is 4.37. The van der Waals surface area contributed by atoms with Crippen LogP contribution in [0.1, 0.15) is 16.7 Å². The second kappa shape index (κ2) is 4.92. The number of allylic oxidation sites excluding steroid dienone is 4. The Hall–Kier alpha value is -2.74. The zero-order valence-corrected chi connectivity index (χ0v) is 12.0. The average Bonchev–Trinajstić information content (AvgIpc) is 2.56. The SMILES string of the molecule is O=C1C=CC(=O)C(c2cccc3c2CCc2ccccc2-3)=C1. The van der Waals surface area contributed by atoms with Gasteiger partial charge in [0, 0.05) is 5.57 Å². The fourth-order valence-electron chi connectivity index (χ4n) is 3.34. The Morgan fingerprint density at radius 3 is 2.41 bits per heavy atom. The first-order chi connectivity index (χ1) is 10.7. The molecule has 0 bridgehead atoms. The summed E-state index contributed by atoms with van der Waals surface area (Å²) in [6, 6.07) is 14.4. The summed E-state index contributed by atoms with van der Waals surface area (Å²) in [4.78, 5) is 23.8. The van der Waals surface area contributed by atoms with Gasteiger partial charge < -0.3 is 0 Å². The molecular weight excluding hydrogens is 272 g/mol. The summed E-state index contributed by atoms with van der Waals surface area (Å²) in [5, 5.41) is 0. The molecule has 2 aliphatic carbocycles. The van der Waals surface area contributed by atoms with E-state index in [0.717, 1.165) is 18.4 Å². The molecule has 0 amide bonds. The van der Waals surface area contributed by atoms with Gasteiger partial charge in [0.2, 0.25) is 0 Å². The van der Waals surface area contributed by atoms with Crippen molar-refractivity contribution in [3.63, 3.8) is 0 Å². The average molecular weight is 286 g/mol. The summed E-state index contributed by atoms with van der Waals surface area (Å²) in [6.07, 6.45) is 6.01. The summed E-state index contributed by atoms with van der Waals surface area (Å²) < 4.78 is 0. The molecule has 0 saturated carbocycles. The highest BCUT2D eigenvalue weighted by molar-refractivity contribution is 6.34. The van der Waals surface area contributed by atoms with Crippen molar-refractivity contribution in [2.75, 3.05) is 0 Å². The van der Waals surface area contributed by atoms with Crippen molar-refractivity contribution in [1.82, 2.24) is 0 Å². The van der Waals surface area contributed by atoms with Crippen molar-refractivity contribution in [2.45, 2.75) is 12.8 Å². The normalized spacial score (nSPS) is 16.1. The van der Waals surface area contributed by atoms with Gasteiger partial charge in [0.05, 0.1) is 0 Å². The number of carbonyl (C=O) groups is 2. The Kier molecular flexibility index (Phi) is 2.90. The summed E-state index contributed by atoms with van der Waals surface area (Å²) in [5.41, 5.74) is 6.33. The quantitative estimate of drug-likeness (QED) is 0.751. The van der Waals surface area contributed by atoms with E-state index in [1.807, 2.05) is 18.2 Å². The van der Waals surface area contributed by atoms with Crippen molar-refractivity contribution in [3.8, 4) is 11.1 Å². The van der Waals surface area contributed by atoms with Gasteiger partial charge in [-0.15, -0.1) is 0 Å². The van der Waals surface area contributed by atoms with Crippen LogP contribution in [0.25, 0.3) is 16.7 Å². The molecule has 2 nitrogen and oxygen atoms in total. The number of rotatable bonds is 1. The molecule has 2 heteroatoms. The lowest BCUT2D eigenvalue weighted by Crippen LogP contribution is -2.12. The minimum atomic E-state index is -0.122. The zero-order valence-electron chi connectivity index (χ0n) is 12.0. The molecule has 0 spiro atoms. The molecule has 0 heterocycles. The second-order valence-corrected chi connectivity index (χ2v) is 5.65. The van der Waals surface area contributed by atoms with Gasteiger partial charge in [0.1, 0.15) is 0 Å². The third-order valence-electron chi connectivity index (χ3n) is 4.37. The molecule has 106 valence electrons. The van der Waals surface area contributed by atoms with Crippen LogP contribution < -0.4 is 0 Å². The molecule has 0 aromatic heterocycles. The Labute approximate surface area is 128 Å². The van der Waals surface area contributed by atoms with Crippen molar-refractivity contribution < 1.29 is 9.59 Å². The largest absolute Gasteiger partial charge is 0.290 e. The van der Waals surface area contributed by atoms with Gasteiger partial charge in [-0.25, -0.2) is 0 Å². The van der Waals surface area contributed by atoms with E-state index in [9.17, 15) is 9.59 Å². The molecular formula is C20H14O2. The summed E-state index contributed by atoms with van der Waals surface area (Å²) in [5.74, 6) is -0.213. The Morgan fingerprint density at radius 2 is 1.50 bits per heavy atom. The second-order valence-electron chi connectivity index (χ2n) is 5.65. The molecule has 0 saturated heterocycles. The Bertz CT molecular complexity index is 869. The maximum atomic E-state index is 12.2. The van der Waals surface area contributed by atoms with E-state index < -0.39 is 0 Å². The van der Waals surface area contributed by atoms with Gasteiger partial charge in [0.15, 0.2) is 11.6 Å². The minimum Gasteiger partial charge on any atom is -0.290 e. The molecule has 0 aliphatic heterocycles. The van der Waals surface area contributed by atoms with Crippen LogP contribution in [0.4, 0.5) is 0 Å². The van der Waals surface area contributed by atoms with Crippen molar-refractivity contribution in [1.29, 1.82) is 0 Å². The van der Waals surface area contributed by atoms with E-state index in [-0.39, 0.29) is 11.6 Å². The molecule has 0 fully saturated rings. The van der Waals surface area contributed by atoms with E-state index in [1.165, 1.54) is 40.5 Å². The summed E-state index contributed by atoms with van der Waals surface area (Å²) >= 11 is 0. The van der Waals surface area contributed by atoms with Crippen LogP contribution >= 0.6 is 0 Å². The van der Waals surface area contributed by atoms with Crippen molar-refractivity contribution in [3.05, 3.63) is 77.4 Å². The molecule has 0 unspecified atom stereocenters. The number of ketones is 2. The maximum Gasteiger partial charge on any atom is 0.186 e. The van der Waals surface area contributed by atoms with Crippen LogP contribution in [0, 0.1) is 0 Å². The zero-order chi connectivity index (χ0) is 15.1. The highest BCUT2D eigenvalue weighted by Gasteiger charge is 2.23. The van der Waals surface area contributed by atoms with Gasteiger partial charge in [-0.2, -0.15) is 0 Å². The lowest BCUT2D eigenvalue weighted by atomic mass is 9.80. The number of aryl methyl sites for hydroxylation is 1. The van der Waals surface area contributed by atoms with Crippen LogP contribution in [0.3, 0.4) is 0 Å². The lowest BCUT2D eigenvalue weighted by molar-refractivity contribution is -0.113. The number of benzene rings is 2. The van der Waals surface area contributed by atoms with E-state index in [4.69, 9.17) is 0 Å². The van der Waals surface area contributed by atoms with Crippen LogP contribution in [0.5, 0.6) is 0 Å². The number of carbonyl (C=O) groups excluding carboxylic acids is 2. The first-order valence-corrected chi connectivity index (χ1v) is 7.42. The molecule has 2 aromatic rings. The van der Waals surface area contributed by atoms with Gasteiger partial charge >= 0.3 is 0 Å². The number of hydrogen-bond acceptors (Lipinski definition) is 2. The first kappa shape index (κ1) is 13.0. The molecule has 2 aliphatic rings. The topological polar surface area (TPSA) is 34.1 Å². The predicted molar refractivity (Wildman–Crippen MR) is 86.4 cm³/mol. The number of fused-ring (bicyclic) bond motifs is 3. The molecule has 0 N–H and O–H groups in total. The molecule has 2 aromatic carbocycles. The van der Waals surface area contributed by atoms with Crippen LogP contribution in [-0.2, 0) is 22.4 Å². The van der Waals surface area contributed by atoms with Crippen LogP contribution in [-0.4, -0.2) is 11.6 Å². The van der Waals surface area contributed by atoms with Crippen LogP contribution in [0.15, 0.2) is 60.7 Å². The standard InChI is InChI=1S/C20H14O2/c21-14-9-11-20(22)19(12-14)17-7-3-6-16-15-5-2-1-4-13(15)8-10-18(16)17/h1-7,9,11-12H,8,10H2. The van der Waals surface area contributed by atoms with Crippen molar-refractivity contribution >= 4 is 17.1 Å². The van der Waals surface area contributed by atoms with E-state index in [2.05, 4.69) is 24.3 Å². The van der Waals surface area contributed by atoms with Gasteiger partial charge in [-0.05, 0) is 58.9 Å². The number of hydrogen-bond donors (Lipinski definition) is 0. The highest BCUT2D eigenvalue weighted by atomic mass is 16.1. The summed E-state index contributed by atoms with van der Waals surface area (Å²) in [7, 11) is 0. The maximum absolute atomic E-state index is 12.2. The Balaban J connectivity index is 1.92. The van der Waals surface area contributed by atoms with Gasteiger partial charge in [0.25, 0.3) is 0 Å². The highest BCUT2D eigenvalue weighted by Crippen LogP contribution is 2.37. The monoisotopic (exact) mass is 286 g/mol. The van der Waals surface area contributed by atoms with E-state index >= 15 is 0 Å². The van der Waals surface area contributed by atoms with Gasteiger partial charge in [-0.3, -0.25) is 9.59 Å². The predicted octanol–water partition coefficient (Wildman–Crippen LogP) is 3.54. The van der Waals surface area contributed by atoms with Gasteiger partial charge in [-0.1, -0.05) is 42.5 Å². The van der Waals surface area contributed by atoms with E-state index in [1.54, 1.807) is 0 Å². The third kappa shape index (κ3) is 1.96. The first-order valence-electron chi connectivity index (χ1n) is 7.42. The van der Waals surface area contributed by atoms with Crippen LogP contribution in [0.2, 0.25) is 0 Å². The summed E-state index contributed by atoms with van der Waals surface area (Å²) in [6.45, 7) is 0. The molecule has 22 heavy (non-hydrogen) atoms. The Morgan fingerprint density at radius 1 is 0.727 bits per heavy atom. The van der Waals surface area contributed by atoms with E-state index in [0.29, 0.717) is 5.57 Å². The smallest absolute Gasteiger partial charge is 0.186 e. The molecule has 4 rings (SSSR count). The fraction of sp³-hybridized carbons (Fsp3) is 0.100. The lowest BCUT2D eigenvalue weighted by Gasteiger charge is -2.23. The van der Waals surface area contributed by atoms with Crippen molar-refractivity contribution in [2.24, 2.45) is 0 Å². The molecule has 0 radical (unpaired) electrons. The molecule has 0 atom stereocenters.